The number of amides is 1. The first-order valence-corrected chi connectivity index (χ1v) is 10.9. The van der Waals surface area contributed by atoms with Gasteiger partial charge in [-0.15, -0.1) is 0 Å². The lowest BCUT2D eigenvalue weighted by molar-refractivity contribution is -0.0468. The van der Waals surface area contributed by atoms with Crippen molar-refractivity contribution in [3.05, 3.63) is 42.2 Å². The number of nitrogens with one attached hydrogen (secondary N) is 1. The summed E-state index contributed by atoms with van der Waals surface area (Å²) in [5.41, 5.74) is -0.0152. The highest BCUT2D eigenvalue weighted by molar-refractivity contribution is 7.85. The predicted molar refractivity (Wildman–Crippen MR) is 108 cm³/mol. The summed E-state index contributed by atoms with van der Waals surface area (Å²) in [5.74, 6) is -2.71. The zero-order chi connectivity index (χ0) is 24.6. The predicted octanol–water partition coefficient (Wildman–Crippen LogP) is -1.01. The Morgan fingerprint density at radius 1 is 1.26 bits per heavy atom. The van der Waals surface area contributed by atoms with Crippen LogP contribution in [-0.2, 0) is 19.2 Å². The minimum atomic E-state index is -4.73. The van der Waals surface area contributed by atoms with E-state index < -0.39 is 64.5 Å². The van der Waals surface area contributed by atoms with E-state index in [2.05, 4.69) is 15.0 Å². The van der Waals surface area contributed by atoms with Gasteiger partial charge in [0, 0.05) is 6.07 Å². The number of imidazole rings is 1. The molecule has 0 unspecified atom stereocenters. The van der Waals surface area contributed by atoms with Crippen LogP contribution in [0, 0.1) is 5.82 Å². The number of aromatic nitrogens is 4. The average molecular weight is 499 g/mol. The largest absolute Gasteiger partial charge is 0.507 e. The number of rotatable bonds is 7. The molecule has 0 aliphatic carbocycles. The van der Waals surface area contributed by atoms with Crippen LogP contribution in [0.15, 0.2) is 30.9 Å². The molecule has 0 bridgehead atoms. The van der Waals surface area contributed by atoms with Gasteiger partial charge in [-0.05, 0) is 12.1 Å². The van der Waals surface area contributed by atoms with E-state index in [9.17, 15) is 32.9 Å². The monoisotopic (exact) mass is 499 g/mol. The number of phenols is 1. The highest BCUT2D eigenvalue weighted by Crippen LogP contribution is 2.32. The Balaban J connectivity index is 1.44. The van der Waals surface area contributed by atoms with Gasteiger partial charge in [0.15, 0.2) is 17.4 Å². The normalized spacial score (nSPS) is 22.7. The number of phenolic OH excluding ortho intramolecular Hbond substituents is 1. The number of ether oxygens (including phenoxy) is 2. The van der Waals surface area contributed by atoms with E-state index in [4.69, 9.17) is 13.7 Å². The SMILES string of the molecule is COc1ncnc2c1ncn2[C@@H]1O[C@H](COS(=O)(=O)NC(=O)c2ccc(F)cc2O)[C@@H](O)[C@H]1O. The quantitative estimate of drug-likeness (QED) is 0.310. The van der Waals surface area contributed by atoms with Crippen molar-refractivity contribution in [1.82, 2.24) is 24.2 Å². The van der Waals surface area contributed by atoms with Crippen molar-refractivity contribution in [3.63, 3.8) is 0 Å². The Morgan fingerprint density at radius 2 is 2.03 bits per heavy atom. The van der Waals surface area contributed by atoms with E-state index in [0.717, 1.165) is 12.1 Å². The number of aromatic hydroxyl groups is 1. The van der Waals surface area contributed by atoms with Gasteiger partial charge < -0.3 is 24.8 Å². The van der Waals surface area contributed by atoms with Crippen LogP contribution in [0.1, 0.15) is 16.6 Å². The van der Waals surface area contributed by atoms with E-state index in [0.29, 0.717) is 6.07 Å². The maximum atomic E-state index is 13.1. The first-order chi connectivity index (χ1) is 16.1. The van der Waals surface area contributed by atoms with E-state index in [1.54, 1.807) is 4.72 Å². The summed E-state index contributed by atoms with van der Waals surface area (Å²) < 4.78 is 55.5. The number of carbonyl (C=O) groups is 1. The van der Waals surface area contributed by atoms with Gasteiger partial charge >= 0.3 is 10.3 Å². The Kier molecular flexibility index (Phi) is 6.32. The van der Waals surface area contributed by atoms with Gasteiger partial charge in [0.1, 0.15) is 36.2 Å². The third-order valence-corrected chi connectivity index (χ3v) is 5.82. The first kappa shape index (κ1) is 23.7. The molecule has 1 aliphatic rings. The van der Waals surface area contributed by atoms with Crippen LogP contribution in [0.2, 0.25) is 0 Å². The van der Waals surface area contributed by atoms with Gasteiger partial charge in [0.2, 0.25) is 5.88 Å². The third kappa shape index (κ3) is 4.48. The molecule has 1 fully saturated rings. The maximum absolute atomic E-state index is 13.1. The third-order valence-electron chi connectivity index (χ3n) is 4.94. The highest BCUT2D eigenvalue weighted by atomic mass is 32.2. The molecule has 0 spiro atoms. The average Bonchev–Trinajstić information content (AvgIpc) is 3.33. The molecule has 182 valence electrons. The molecule has 2 aromatic heterocycles. The minimum absolute atomic E-state index is 0.172. The van der Waals surface area contributed by atoms with Crippen molar-refractivity contribution in [2.75, 3.05) is 13.7 Å². The van der Waals surface area contributed by atoms with Crippen LogP contribution >= 0.6 is 0 Å². The molecule has 4 N–H and O–H groups in total. The molecule has 4 rings (SSSR count). The fourth-order valence-corrected chi connectivity index (χ4v) is 4.02. The molecule has 3 aromatic rings. The van der Waals surface area contributed by atoms with Crippen LogP contribution in [0.25, 0.3) is 11.2 Å². The molecular weight excluding hydrogens is 481 g/mol. The van der Waals surface area contributed by atoms with E-state index >= 15 is 0 Å². The molecule has 1 amide bonds. The Morgan fingerprint density at radius 3 is 2.74 bits per heavy atom. The lowest BCUT2D eigenvalue weighted by Crippen LogP contribution is -2.37. The standard InChI is InChI=1S/C18H18FN5O9S/c1-31-17-12-15(20-6-21-17)24(7-22-12)18-14(27)13(26)11(33-18)5-32-34(29,30)23-16(28)9-3-2-8(19)4-10(9)25/h2-4,6-7,11,13-14,18,25-27H,5H2,1H3,(H,23,28)/t11-,13-,14-,18-/m1/s1. The van der Waals surface area contributed by atoms with Crippen LogP contribution in [-0.4, -0.2) is 81.2 Å². The summed E-state index contributed by atoms with van der Waals surface area (Å²) in [6.07, 6.45) is -3.14. The smallest absolute Gasteiger partial charge is 0.362 e. The van der Waals surface area contributed by atoms with Gasteiger partial charge in [-0.3, -0.25) is 13.5 Å². The van der Waals surface area contributed by atoms with E-state index in [-0.39, 0.29) is 17.0 Å². The summed E-state index contributed by atoms with van der Waals surface area (Å²) in [4.78, 5) is 24.1. The molecule has 3 heterocycles. The number of methoxy groups -OCH3 is 1. The summed E-state index contributed by atoms with van der Waals surface area (Å²) in [7, 11) is -3.35. The van der Waals surface area contributed by atoms with E-state index in [1.165, 1.54) is 24.3 Å². The topological polar surface area (TPSA) is 195 Å². The molecule has 0 saturated carbocycles. The number of fused-ring (bicyclic) bond motifs is 1. The number of hydrogen-bond donors (Lipinski definition) is 4. The summed E-state index contributed by atoms with van der Waals surface area (Å²) in [5, 5.41) is 30.4. The van der Waals surface area contributed by atoms with E-state index in [1.807, 2.05) is 0 Å². The van der Waals surface area contributed by atoms with Crippen molar-refractivity contribution in [2.24, 2.45) is 0 Å². The molecule has 34 heavy (non-hydrogen) atoms. The van der Waals surface area contributed by atoms with Gasteiger partial charge in [-0.1, -0.05) is 0 Å². The molecule has 1 aromatic carbocycles. The molecule has 4 atom stereocenters. The Bertz CT molecular complexity index is 1330. The summed E-state index contributed by atoms with van der Waals surface area (Å²) in [6.45, 7) is -0.780. The zero-order valence-corrected chi connectivity index (χ0v) is 18.1. The minimum Gasteiger partial charge on any atom is -0.507 e. The van der Waals surface area contributed by atoms with Crippen molar-refractivity contribution >= 4 is 27.4 Å². The molecule has 1 saturated heterocycles. The van der Waals surface area contributed by atoms with Crippen molar-refractivity contribution in [2.45, 2.75) is 24.5 Å². The lowest BCUT2D eigenvalue weighted by Gasteiger charge is -2.16. The number of nitrogens with zero attached hydrogens (tertiary/aromatic N) is 4. The molecule has 14 nitrogen and oxygen atoms in total. The second-order valence-electron chi connectivity index (χ2n) is 7.08. The fraction of sp³-hybridized carbons (Fsp3) is 0.333. The molecule has 16 heteroatoms. The lowest BCUT2D eigenvalue weighted by atomic mass is 10.1. The zero-order valence-electron chi connectivity index (χ0n) is 17.3. The Hall–Kier alpha value is -3.44. The van der Waals surface area contributed by atoms with Gasteiger partial charge in [0.25, 0.3) is 5.91 Å². The van der Waals surface area contributed by atoms with Gasteiger partial charge in [-0.25, -0.2) is 19.1 Å². The molecule has 1 aliphatic heterocycles. The second kappa shape index (κ2) is 9.07. The molecule has 0 radical (unpaired) electrons. The van der Waals surface area contributed by atoms with Crippen LogP contribution in [0.3, 0.4) is 0 Å². The van der Waals surface area contributed by atoms with Crippen molar-refractivity contribution in [3.8, 4) is 11.6 Å². The first-order valence-electron chi connectivity index (χ1n) is 9.54. The van der Waals surface area contributed by atoms with Crippen LogP contribution in [0.4, 0.5) is 4.39 Å². The number of benzene rings is 1. The van der Waals surface area contributed by atoms with Gasteiger partial charge in [-0.2, -0.15) is 13.4 Å². The van der Waals surface area contributed by atoms with Crippen LogP contribution in [0.5, 0.6) is 11.6 Å². The number of halogens is 1. The van der Waals surface area contributed by atoms with Gasteiger partial charge in [0.05, 0.1) is 25.6 Å². The number of aliphatic hydroxyl groups is 2. The summed E-state index contributed by atoms with van der Waals surface area (Å²) >= 11 is 0. The second-order valence-corrected chi connectivity index (χ2v) is 8.43. The Labute approximate surface area is 190 Å². The number of aliphatic hydroxyl groups excluding tert-OH is 2. The number of hydrogen-bond acceptors (Lipinski definition) is 12. The van der Waals surface area contributed by atoms with Crippen molar-refractivity contribution in [1.29, 1.82) is 0 Å². The summed E-state index contributed by atoms with van der Waals surface area (Å²) in [6, 6.07) is 2.37. The number of carbonyl (C=O) groups excluding carboxylic acids is 1. The highest BCUT2D eigenvalue weighted by Gasteiger charge is 2.45. The van der Waals surface area contributed by atoms with Crippen LogP contribution < -0.4 is 9.46 Å². The van der Waals surface area contributed by atoms with Crippen molar-refractivity contribution < 1.29 is 46.6 Å². The fourth-order valence-electron chi connectivity index (χ4n) is 3.31. The maximum Gasteiger partial charge on any atom is 0.362 e. The molecular formula is C18H18FN5O9S.